The fourth-order valence-electron chi connectivity index (χ4n) is 1.46. The summed E-state index contributed by atoms with van der Waals surface area (Å²) in [6, 6.07) is 4.03. The lowest BCUT2D eigenvalue weighted by Gasteiger charge is -2.14. The van der Waals surface area contributed by atoms with Crippen LogP contribution in [0.3, 0.4) is 0 Å². The van der Waals surface area contributed by atoms with Crippen LogP contribution in [0.1, 0.15) is 6.92 Å². The van der Waals surface area contributed by atoms with Gasteiger partial charge in [-0.15, -0.1) is 0 Å². The Morgan fingerprint density at radius 3 is 2.45 bits per heavy atom. The number of carboxylic acids is 1. The van der Waals surface area contributed by atoms with E-state index in [-0.39, 0.29) is 6.61 Å². The number of benzene rings is 1. The number of aliphatic carboxylic acids is 1. The Kier molecular flexibility index (Phi) is 5.64. The molecule has 0 radical (unpaired) electrons. The predicted molar refractivity (Wildman–Crippen MR) is 70.3 cm³/mol. The quantitative estimate of drug-likeness (QED) is 0.764. The van der Waals surface area contributed by atoms with E-state index in [0.29, 0.717) is 17.2 Å². The molecule has 1 aromatic rings. The summed E-state index contributed by atoms with van der Waals surface area (Å²) < 4.78 is 15.5. The molecule has 0 bridgehead atoms. The van der Waals surface area contributed by atoms with Crippen molar-refractivity contribution < 1.29 is 28.9 Å². The summed E-state index contributed by atoms with van der Waals surface area (Å²) in [4.78, 5) is 22.1. The topological polar surface area (TPSA) is 94.1 Å². The van der Waals surface area contributed by atoms with Crippen molar-refractivity contribution in [1.82, 2.24) is 5.32 Å². The summed E-state index contributed by atoms with van der Waals surface area (Å²) in [6.45, 7) is 1.05. The molecule has 110 valence electrons. The Morgan fingerprint density at radius 1 is 1.25 bits per heavy atom. The zero-order valence-corrected chi connectivity index (χ0v) is 11.5. The molecule has 1 unspecified atom stereocenters. The number of para-hydroxylation sites is 1. The molecule has 1 amide bonds. The van der Waals surface area contributed by atoms with Gasteiger partial charge in [0.05, 0.1) is 14.2 Å². The first kappa shape index (κ1) is 15.6. The van der Waals surface area contributed by atoms with E-state index in [2.05, 4.69) is 5.32 Å². The van der Waals surface area contributed by atoms with Gasteiger partial charge in [0.25, 0.3) is 5.91 Å². The average molecular weight is 283 g/mol. The first-order valence-electron chi connectivity index (χ1n) is 5.85. The highest BCUT2D eigenvalue weighted by Crippen LogP contribution is 2.36. The fourth-order valence-corrected chi connectivity index (χ4v) is 1.46. The maximum atomic E-state index is 11.5. The Labute approximate surface area is 116 Å². The van der Waals surface area contributed by atoms with Crippen LogP contribution in [0.4, 0.5) is 0 Å². The Hall–Kier alpha value is -2.44. The van der Waals surface area contributed by atoms with Gasteiger partial charge in [-0.3, -0.25) is 9.59 Å². The number of carboxylic acid groups (broad SMARTS) is 1. The van der Waals surface area contributed by atoms with E-state index in [1.54, 1.807) is 18.2 Å². The lowest BCUT2D eigenvalue weighted by atomic mass is 10.3. The van der Waals surface area contributed by atoms with Gasteiger partial charge < -0.3 is 24.6 Å². The van der Waals surface area contributed by atoms with Crippen molar-refractivity contribution in [2.24, 2.45) is 0 Å². The van der Waals surface area contributed by atoms with Crippen molar-refractivity contribution >= 4 is 11.9 Å². The monoisotopic (exact) mass is 283 g/mol. The molecule has 0 aliphatic carbocycles. The van der Waals surface area contributed by atoms with Crippen LogP contribution in [-0.2, 0) is 9.59 Å². The fraction of sp³-hybridized carbons (Fsp3) is 0.385. The van der Waals surface area contributed by atoms with Gasteiger partial charge in [-0.1, -0.05) is 6.07 Å². The molecule has 1 aromatic carbocycles. The second kappa shape index (κ2) is 7.22. The van der Waals surface area contributed by atoms with E-state index in [0.717, 1.165) is 0 Å². The molecule has 2 N–H and O–H groups in total. The number of rotatable bonds is 7. The number of methoxy groups -OCH3 is 2. The molecule has 1 atom stereocenters. The van der Waals surface area contributed by atoms with E-state index in [1.807, 2.05) is 0 Å². The van der Waals surface area contributed by atoms with Gasteiger partial charge in [0.2, 0.25) is 5.75 Å². The van der Waals surface area contributed by atoms with Gasteiger partial charge in [-0.05, 0) is 19.1 Å². The molecular formula is C13H17NO6. The van der Waals surface area contributed by atoms with Crippen LogP contribution < -0.4 is 19.5 Å². The molecular weight excluding hydrogens is 266 g/mol. The van der Waals surface area contributed by atoms with Crippen LogP contribution in [0, 0.1) is 0 Å². The maximum Gasteiger partial charge on any atom is 0.325 e. The predicted octanol–water partition coefficient (Wildman–Crippen LogP) is 0.672. The van der Waals surface area contributed by atoms with Crippen molar-refractivity contribution in [3.63, 3.8) is 0 Å². The number of carbonyl (C=O) groups excluding carboxylic acids is 1. The molecule has 0 saturated heterocycles. The summed E-state index contributed by atoms with van der Waals surface area (Å²) in [5.41, 5.74) is 0. The SMILES string of the molecule is COc1cccc(OCC(=O)NC(C)C(=O)O)c1OC. The highest BCUT2D eigenvalue weighted by atomic mass is 16.5. The third-order valence-electron chi connectivity index (χ3n) is 2.47. The molecule has 1 rings (SSSR count). The number of carbonyl (C=O) groups is 2. The highest BCUT2D eigenvalue weighted by Gasteiger charge is 2.16. The first-order valence-corrected chi connectivity index (χ1v) is 5.85. The van der Waals surface area contributed by atoms with Crippen LogP contribution in [0.25, 0.3) is 0 Å². The van der Waals surface area contributed by atoms with E-state index in [4.69, 9.17) is 19.3 Å². The Bertz CT molecular complexity index is 488. The van der Waals surface area contributed by atoms with Crippen molar-refractivity contribution in [3.05, 3.63) is 18.2 Å². The normalized spacial score (nSPS) is 11.3. The molecule has 7 nitrogen and oxygen atoms in total. The molecule has 0 spiro atoms. The number of hydrogen-bond acceptors (Lipinski definition) is 5. The Morgan fingerprint density at radius 2 is 1.90 bits per heavy atom. The smallest absolute Gasteiger partial charge is 0.325 e. The van der Waals surface area contributed by atoms with Crippen LogP contribution in [-0.4, -0.2) is 43.9 Å². The summed E-state index contributed by atoms with van der Waals surface area (Å²) in [5, 5.41) is 11.0. The maximum absolute atomic E-state index is 11.5. The van der Waals surface area contributed by atoms with Crippen molar-refractivity contribution in [2.75, 3.05) is 20.8 Å². The van der Waals surface area contributed by atoms with E-state index >= 15 is 0 Å². The lowest BCUT2D eigenvalue weighted by Crippen LogP contribution is -2.40. The van der Waals surface area contributed by atoms with Gasteiger partial charge in [0.15, 0.2) is 18.1 Å². The van der Waals surface area contributed by atoms with Crippen LogP contribution in [0.2, 0.25) is 0 Å². The summed E-state index contributed by atoms with van der Waals surface area (Å²) in [5.74, 6) is -0.467. The molecule has 20 heavy (non-hydrogen) atoms. The molecule has 0 aromatic heterocycles. The average Bonchev–Trinajstić information content (AvgIpc) is 2.44. The second-order valence-electron chi connectivity index (χ2n) is 3.91. The van der Waals surface area contributed by atoms with Gasteiger partial charge >= 0.3 is 5.97 Å². The minimum atomic E-state index is -1.11. The molecule has 0 aliphatic rings. The zero-order chi connectivity index (χ0) is 15.1. The van der Waals surface area contributed by atoms with Crippen molar-refractivity contribution in [1.29, 1.82) is 0 Å². The van der Waals surface area contributed by atoms with Gasteiger partial charge in [0, 0.05) is 0 Å². The van der Waals surface area contributed by atoms with E-state index in [1.165, 1.54) is 21.1 Å². The third-order valence-corrected chi connectivity index (χ3v) is 2.47. The lowest BCUT2D eigenvalue weighted by molar-refractivity contribution is -0.141. The van der Waals surface area contributed by atoms with Crippen LogP contribution in [0.5, 0.6) is 17.2 Å². The van der Waals surface area contributed by atoms with Crippen molar-refractivity contribution in [3.8, 4) is 17.2 Å². The largest absolute Gasteiger partial charge is 0.493 e. The number of amides is 1. The summed E-state index contributed by atoms with van der Waals surface area (Å²) >= 11 is 0. The van der Waals surface area contributed by atoms with Crippen LogP contribution in [0.15, 0.2) is 18.2 Å². The molecule has 0 heterocycles. The Balaban J connectivity index is 2.66. The number of nitrogens with one attached hydrogen (secondary N) is 1. The van der Waals surface area contributed by atoms with Gasteiger partial charge in [-0.2, -0.15) is 0 Å². The standard InChI is InChI=1S/C13H17NO6/c1-8(13(16)17)14-11(15)7-20-10-6-4-5-9(18-2)12(10)19-3/h4-6,8H,7H2,1-3H3,(H,14,15)(H,16,17). The first-order chi connectivity index (χ1) is 9.49. The third kappa shape index (κ3) is 4.04. The summed E-state index contributed by atoms with van der Waals surface area (Å²) in [6.07, 6.45) is 0. The second-order valence-corrected chi connectivity index (χ2v) is 3.91. The summed E-state index contributed by atoms with van der Waals surface area (Å²) in [7, 11) is 2.94. The van der Waals surface area contributed by atoms with Crippen molar-refractivity contribution in [2.45, 2.75) is 13.0 Å². The zero-order valence-electron chi connectivity index (χ0n) is 11.5. The molecule has 7 heteroatoms. The minimum Gasteiger partial charge on any atom is -0.493 e. The number of hydrogen-bond donors (Lipinski definition) is 2. The molecule has 0 saturated carbocycles. The van der Waals surface area contributed by atoms with E-state index in [9.17, 15) is 9.59 Å². The number of ether oxygens (including phenoxy) is 3. The minimum absolute atomic E-state index is 0.318. The molecule has 0 fully saturated rings. The van der Waals surface area contributed by atoms with Gasteiger partial charge in [-0.25, -0.2) is 0 Å². The van der Waals surface area contributed by atoms with Crippen LogP contribution >= 0.6 is 0 Å². The highest BCUT2D eigenvalue weighted by molar-refractivity contribution is 5.84. The molecule has 0 aliphatic heterocycles. The van der Waals surface area contributed by atoms with Gasteiger partial charge in [0.1, 0.15) is 6.04 Å². The van der Waals surface area contributed by atoms with E-state index < -0.39 is 17.9 Å².